The van der Waals surface area contributed by atoms with Crippen LogP contribution in [0.4, 0.5) is 0 Å². The van der Waals surface area contributed by atoms with Gasteiger partial charge in [0.15, 0.2) is 0 Å². The minimum Gasteiger partial charge on any atom is -0.472 e. The van der Waals surface area contributed by atoms with E-state index in [0.29, 0.717) is 42.9 Å². The highest BCUT2D eigenvalue weighted by atomic mass is 16.5. The third kappa shape index (κ3) is 5.12. The minimum atomic E-state index is -0.950. The predicted molar refractivity (Wildman–Crippen MR) is 114 cm³/mol. The maximum Gasteiger partial charge on any atom is 0.259 e. The van der Waals surface area contributed by atoms with Crippen molar-refractivity contribution >= 4 is 5.91 Å². The number of rotatable bonds is 4. The van der Waals surface area contributed by atoms with Crippen molar-refractivity contribution in [1.29, 1.82) is 0 Å². The lowest BCUT2D eigenvalue weighted by Crippen LogP contribution is -2.49. The van der Waals surface area contributed by atoms with Crippen LogP contribution in [0.25, 0.3) is 0 Å². The summed E-state index contributed by atoms with van der Waals surface area (Å²) in [5, 5.41) is 20.2. The number of carbonyl (C=O) groups excluding carboxylic acids is 1. The van der Waals surface area contributed by atoms with Crippen molar-refractivity contribution in [3.8, 4) is 17.7 Å². The second kappa shape index (κ2) is 9.34. The Bertz CT molecular complexity index is 823. The zero-order valence-electron chi connectivity index (χ0n) is 18.4. The molecule has 164 valence electrons. The largest absolute Gasteiger partial charge is 0.472 e. The highest BCUT2D eigenvalue weighted by Crippen LogP contribution is 2.29. The summed E-state index contributed by atoms with van der Waals surface area (Å²) >= 11 is 0. The second-order valence-electron chi connectivity index (χ2n) is 8.95. The molecule has 1 aliphatic carbocycles. The fraction of sp³-hybridized carbons (Fsp3) is 0.652. The van der Waals surface area contributed by atoms with E-state index in [1.54, 1.807) is 17.2 Å². The Labute approximate surface area is 179 Å². The number of aliphatic hydroxyl groups is 2. The van der Waals surface area contributed by atoms with Crippen LogP contribution in [0.1, 0.15) is 55.5 Å². The number of pyridine rings is 1. The van der Waals surface area contributed by atoms with Crippen LogP contribution in [-0.2, 0) is 0 Å². The maximum atomic E-state index is 13.3. The fourth-order valence-electron chi connectivity index (χ4n) is 4.02. The molecule has 2 aliphatic rings. The van der Waals surface area contributed by atoms with E-state index in [9.17, 15) is 15.0 Å². The Morgan fingerprint density at radius 3 is 2.73 bits per heavy atom. The lowest BCUT2D eigenvalue weighted by molar-refractivity contribution is 0.0348. The van der Waals surface area contributed by atoms with E-state index in [4.69, 9.17) is 4.74 Å². The Morgan fingerprint density at radius 2 is 2.10 bits per heavy atom. The molecule has 3 atom stereocenters. The molecule has 1 saturated carbocycles. The number of hydrogen-bond acceptors (Lipinski definition) is 6. The molecule has 0 unspecified atom stereocenters. The topological polar surface area (TPSA) is 86.1 Å². The van der Waals surface area contributed by atoms with Crippen LogP contribution < -0.4 is 4.74 Å². The number of likely N-dealkylation sites (N-methyl/N-ethyl adjacent to an activating group) is 1. The number of hydrogen-bond donors (Lipinski definition) is 2. The molecule has 1 aromatic heterocycles. The highest BCUT2D eigenvalue weighted by molar-refractivity contribution is 5.97. The van der Waals surface area contributed by atoms with Crippen LogP contribution in [0, 0.1) is 17.8 Å². The number of aromatic nitrogens is 1. The van der Waals surface area contributed by atoms with Crippen molar-refractivity contribution in [2.75, 3.05) is 33.8 Å². The summed E-state index contributed by atoms with van der Waals surface area (Å²) in [6.07, 6.45) is 4.73. The third-order valence-electron chi connectivity index (χ3n) is 5.94. The molecule has 7 heteroatoms. The van der Waals surface area contributed by atoms with E-state index in [1.807, 2.05) is 32.8 Å². The molecule has 1 aromatic rings. The fourth-order valence-corrected chi connectivity index (χ4v) is 4.02. The zero-order chi connectivity index (χ0) is 21.9. The lowest BCUT2D eigenvalue weighted by Gasteiger charge is -2.37. The molecule has 0 bridgehead atoms. The van der Waals surface area contributed by atoms with Gasteiger partial charge in [0.05, 0.1) is 12.6 Å². The molecule has 1 fully saturated rings. The molecule has 30 heavy (non-hydrogen) atoms. The van der Waals surface area contributed by atoms with Crippen molar-refractivity contribution in [3.63, 3.8) is 0 Å². The van der Waals surface area contributed by atoms with Crippen molar-refractivity contribution in [2.24, 2.45) is 5.92 Å². The number of amides is 1. The first-order valence-corrected chi connectivity index (χ1v) is 10.7. The average molecular weight is 416 g/mol. The van der Waals surface area contributed by atoms with Gasteiger partial charge in [-0.15, -0.1) is 0 Å². The summed E-state index contributed by atoms with van der Waals surface area (Å²) in [7, 11) is 3.96. The standard InChI is InChI=1S/C23H33N3O4/c1-16-13-26(17(2)15-27)22(28)19-11-18(7-10-23(29)8-5-6-9-23)12-24-21(19)30-20(16)14-25(3)4/h11-12,16-17,20,27,29H,5-6,8-9,13-15H2,1-4H3/t16-,17-,20+/m1/s1. The number of nitrogens with zero attached hydrogens (tertiary/aromatic N) is 3. The SMILES string of the molecule is C[C@@H]1CN([C@H](C)CO)C(=O)c2cc(C#CC3(O)CCCC3)cnc2O[C@H]1CN(C)C. The van der Waals surface area contributed by atoms with Crippen molar-refractivity contribution in [2.45, 2.75) is 57.3 Å². The van der Waals surface area contributed by atoms with Crippen LogP contribution in [0.3, 0.4) is 0 Å². The Morgan fingerprint density at radius 1 is 1.40 bits per heavy atom. The molecule has 7 nitrogen and oxygen atoms in total. The second-order valence-corrected chi connectivity index (χ2v) is 8.95. The molecular weight excluding hydrogens is 382 g/mol. The Kier molecular flexibility index (Phi) is 7.02. The average Bonchev–Trinajstić information content (AvgIpc) is 3.15. The van der Waals surface area contributed by atoms with Crippen molar-refractivity contribution < 1.29 is 19.7 Å². The Hall–Kier alpha value is -2.14. The molecular formula is C23H33N3O4. The third-order valence-corrected chi connectivity index (χ3v) is 5.94. The van der Waals surface area contributed by atoms with Crippen LogP contribution in [-0.4, -0.2) is 82.4 Å². The number of carbonyl (C=O) groups is 1. The van der Waals surface area contributed by atoms with Crippen LogP contribution >= 0.6 is 0 Å². The van der Waals surface area contributed by atoms with Gasteiger partial charge >= 0.3 is 0 Å². The predicted octanol–water partition coefficient (Wildman–Crippen LogP) is 1.52. The van der Waals surface area contributed by atoms with Crippen LogP contribution in [0.15, 0.2) is 12.3 Å². The van der Waals surface area contributed by atoms with Gasteiger partial charge in [0.2, 0.25) is 5.88 Å². The summed E-state index contributed by atoms with van der Waals surface area (Å²) < 4.78 is 6.18. The number of aliphatic hydroxyl groups excluding tert-OH is 1. The van der Waals surface area contributed by atoms with E-state index in [2.05, 4.69) is 16.8 Å². The zero-order valence-corrected chi connectivity index (χ0v) is 18.4. The van der Waals surface area contributed by atoms with Gasteiger partial charge in [-0.25, -0.2) is 4.98 Å². The normalized spacial score (nSPS) is 24.4. The van der Waals surface area contributed by atoms with Gasteiger partial charge in [0.1, 0.15) is 17.3 Å². The minimum absolute atomic E-state index is 0.0661. The summed E-state index contributed by atoms with van der Waals surface area (Å²) in [6.45, 7) is 4.93. The van der Waals surface area contributed by atoms with Gasteiger partial charge in [-0.3, -0.25) is 4.79 Å². The molecule has 1 aliphatic heterocycles. The maximum absolute atomic E-state index is 13.3. The van der Waals surface area contributed by atoms with Crippen molar-refractivity contribution in [1.82, 2.24) is 14.8 Å². The first kappa shape index (κ1) is 22.5. The quantitative estimate of drug-likeness (QED) is 0.726. The van der Waals surface area contributed by atoms with E-state index in [0.717, 1.165) is 12.8 Å². The lowest BCUT2D eigenvalue weighted by atomic mass is 9.99. The summed E-state index contributed by atoms with van der Waals surface area (Å²) in [6, 6.07) is 1.37. The molecule has 0 saturated heterocycles. The molecule has 1 amide bonds. The van der Waals surface area contributed by atoms with E-state index in [1.165, 1.54) is 0 Å². The first-order valence-electron chi connectivity index (χ1n) is 10.7. The van der Waals surface area contributed by atoms with Gasteiger partial charge in [0, 0.05) is 30.8 Å². The molecule has 2 N–H and O–H groups in total. The Balaban J connectivity index is 1.98. The molecule has 2 heterocycles. The summed E-state index contributed by atoms with van der Waals surface area (Å²) in [5.41, 5.74) is -0.0364. The summed E-state index contributed by atoms with van der Waals surface area (Å²) in [4.78, 5) is 21.5. The van der Waals surface area contributed by atoms with Crippen LogP contribution in [0.2, 0.25) is 0 Å². The molecule has 0 aromatic carbocycles. The molecule has 0 radical (unpaired) electrons. The monoisotopic (exact) mass is 415 g/mol. The smallest absolute Gasteiger partial charge is 0.259 e. The van der Waals surface area contributed by atoms with Gasteiger partial charge in [-0.2, -0.15) is 0 Å². The van der Waals surface area contributed by atoms with Crippen molar-refractivity contribution in [3.05, 3.63) is 23.4 Å². The first-order chi connectivity index (χ1) is 14.2. The van der Waals surface area contributed by atoms with Gasteiger partial charge in [-0.1, -0.05) is 18.8 Å². The van der Waals surface area contributed by atoms with Gasteiger partial charge in [0.25, 0.3) is 5.91 Å². The van der Waals surface area contributed by atoms with E-state index >= 15 is 0 Å². The highest BCUT2D eigenvalue weighted by Gasteiger charge is 2.34. The summed E-state index contributed by atoms with van der Waals surface area (Å²) in [5.74, 6) is 6.09. The number of fused-ring (bicyclic) bond motifs is 1. The molecule has 3 rings (SSSR count). The van der Waals surface area contributed by atoms with Gasteiger partial charge < -0.3 is 24.7 Å². The molecule has 0 spiro atoms. The number of ether oxygens (including phenoxy) is 1. The van der Waals surface area contributed by atoms with Crippen LogP contribution in [0.5, 0.6) is 5.88 Å². The van der Waals surface area contributed by atoms with E-state index in [-0.39, 0.29) is 30.6 Å². The van der Waals surface area contributed by atoms with E-state index < -0.39 is 5.60 Å². The van der Waals surface area contributed by atoms with Gasteiger partial charge in [-0.05, 0) is 52.8 Å².